The van der Waals surface area contributed by atoms with Crippen molar-refractivity contribution >= 4 is 15.9 Å². The highest BCUT2D eigenvalue weighted by atomic mass is 32.2. The zero-order valence-corrected chi connectivity index (χ0v) is 15.1. The maximum absolute atomic E-state index is 12.1. The Hall–Kier alpha value is -2.45. The zero-order chi connectivity index (χ0) is 18.4. The standard InChI is InChI=1S/C17H21N3O4S/c1-12(2)24-16-9-4-13(10-19-16)11-20-17(21)14-5-7-15(8-6-14)25(22,23)18-3/h4-10,12,18H,11H2,1-3H3,(H,20,21). The lowest BCUT2D eigenvalue weighted by molar-refractivity contribution is 0.0951. The third-order valence-electron chi connectivity index (χ3n) is 3.30. The second kappa shape index (κ2) is 8.09. The number of pyridine rings is 1. The van der Waals surface area contributed by atoms with E-state index in [9.17, 15) is 13.2 Å². The molecule has 1 amide bonds. The molecule has 0 radical (unpaired) electrons. The van der Waals surface area contributed by atoms with Gasteiger partial charge in [0.25, 0.3) is 5.91 Å². The molecule has 0 saturated heterocycles. The summed E-state index contributed by atoms with van der Waals surface area (Å²) in [6.07, 6.45) is 1.69. The van der Waals surface area contributed by atoms with E-state index in [2.05, 4.69) is 15.0 Å². The summed E-state index contributed by atoms with van der Waals surface area (Å²) >= 11 is 0. The van der Waals surface area contributed by atoms with Crippen LogP contribution >= 0.6 is 0 Å². The molecule has 0 saturated carbocycles. The summed E-state index contributed by atoms with van der Waals surface area (Å²) in [5.41, 5.74) is 1.21. The van der Waals surface area contributed by atoms with Crippen molar-refractivity contribution in [1.29, 1.82) is 0 Å². The third-order valence-corrected chi connectivity index (χ3v) is 4.73. The van der Waals surface area contributed by atoms with Gasteiger partial charge in [-0.15, -0.1) is 0 Å². The molecule has 2 aromatic rings. The van der Waals surface area contributed by atoms with Crippen LogP contribution in [0.3, 0.4) is 0 Å². The molecule has 0 unspecified atom stereocenters. The van der Waals surface area contributed by atoms with Gasteiger partial charge in [0.2, 0.25) is 15.9 Å². The SMILES string of the molecule is CNS(=O)(=O)c1ccc(C(=O)NCc2ccc(OC(C)C)nc2)cc1. The van der Waals surface area contributed by atoms with Crippen molar-refractivity contribution in [3.8, 4) is 5.88 Å². The predicted octanol–water partition coefficient (Wildman–Crippen LogP) is 1.71. The van der Waals surface area contributed by atoms with Gasteiger partial charge in [-0.25, -0.2) is 18.1 Å². The van der Waals surface area contributed by atoms with E-state index in [1.165, 1.54) is 31.3 Å². The van der Waals surface area contributed by atoms with Crippen LogP contribution in [0.1, 0.15) is 29.8 Å². The van der Waals surface area contributed by atoms with Crippen LogP contribution < -0.4 is 14.8 Å². The highest BCUT2D eigenvalue weighted by molar-refractivity contribution is 7.89. The van der Waals surface area contributed by atoms with E-state index < -0.39 is 10.0 Å². The van der Waals surface area contributed by atoms with Crippen molar-refractivity contribution in [2.24, 2.45) is 0 Å². The Morgan fingerprint density at radius 1 is 1.16 bits per heavy atom. The van der Waals surface area contributed by atoms with Crippen LogP contribution in [0.15, 0.2) is 47.5 Å². The zero-order valence-electron chi connectivity index (χ0n) is 14.3. The fraction of sp³-hybridized carbons (Fsp3) is 0.294. The van der Waals surface area contributed by atoms with Gasteiger partial charge in [0.1, 0.15) is 0 Å². The Kier molecular flexibility index (Phi) is 6.11. The number of nitrogens with one attached hydrogen (secondary N) is 2. The van der Waals surface area contributed by atoms with Crippen LogP contribution in [0.2, 0.25) is 0 Å². The molecule has 0 atom stereocenters. The van der Waals surface area contributed by atoms with Crippen LogP contribution in [-0.2, 0) is 16.6 Å². The number of carbonyl (C=O) groups excluding carboxylic acids is 1. The number of sulfonamides is 1. The van der Waals surface area contributed by atoms with Crippen LogP contribution in [-0.4, -0.2) is 32.5 Å². The van der Waals surface area contributed by atoms with Crippen molar-refractivity contribution < 1.29 is 17.9 Å². The summed E-state index contributed by atoms with van der Waals surface area (Å²) in [5.74, 6) is 0.238. The Morgan fingerprint density at radius 2 is 1.84 bits per heavy atom. The van der Waals surface area contributed by atoms with E-state index in [1.54, 1.807) is 12.3 Å². The fourth-order valence-electron chi connectivity index (χ4n) is 2.01. The molecule has 2 N–H and O–H groups in total. The van der Waals surface area contributed by atoms with Crippen molar-refractivity contribution in [2.75, 3.05) is 7.05 Å². The topological polar surface area (TPSA) is 97.4 Å². The van der Waals surface area contributed by atoms with E-state index in [0.29, 0.717) is 18.0 Å². The average molecular weight is 363 g/mol. The molecule has 0 aliphatic rings. The average Bonchev–Trinajstić information content (AvgIpc) is 2.60. The fourth-order valence-corrected chi connectivity index (χ4v) is 2.74. The Bertz CT molecular complexity index is 816. The van der Waals surface area contributed by atoms with Crippen LogP contribution in [0, 0.1) is 0 Å². The molecule has 0 aliphatic heterocycles. The second-order valence-electron chi connectivity index (χ2n) is 5.59. The molecule has 8 heteroatoms. The first-order valence-corrected chi connectivity index (χ1v) is 9.23. The monoisotopic (exact) mass is 363 g/mol. The summed E-state index contributed by atoms with van der Waals surface area (Å²) in [5, 5.41) is 2.76. The highest BCUT2D eigenvalue weighted by Gasteiger charge is 2.12. The minimum Gasteiger partial charge on any atom is -0.475 e. The summed E-state index contributed by atoms with van der Waals surface area (Å²) in [6.45, 7) is 4.15. The maximum Gasteiger partial charge on any atom is 0.251 e. The summed E-state index contributed by atoms with van der Waals surface area (Å²) in [4.78, 5) is 16.4. The molecular formula is C17H21N3O4S. The summed E-state index contributed by atoms with van der Waals surface area (Å²) in [6, 6.07) is 9.29. The summed E-state index contributed by atoms with van der Waals surface area (Å²) in [7, 11) is -2.18. The van der Waals surface area contributed by atoms with Gasteiger partial charge in [-0.05, 0) is 50.7 Å². The minimum absolute atomic E-state index is 0.0488. The second-order valence-corrected chi connectivity index (χ2v) is 7.47. The van der Waals surface area contributed by atoms with Gasteiger partial charge in [0, 0.05) is 24.4 Å². The number of amides is 1. The lowest BCUT2D eigenvalue weighted by Crippen LogP contribution is -2.23. The number of rotatable bonds is 7. The van der Waals surface area contributed by atoms with Gasteiger partial charge in [0.15, 0.2) is 0 Å². The van der Waals surface area contributed by atoms with E-state index in [4.69, 9.17) is 4.74 Å². The van der Waals surface area contributed by atoms with Gasteiger partial charge < -0.3 is 10.1 Å². The molecule has 2 rings (SSSR count). The Morgan fingerprint density at radius 3 is 2.36 bits per heavy atom. The van der Waals surface area contributed by atoms with Gasteiger partial charge in [-0.3, -0.25) is 4.79 Å². The highest BCUT2D eigenvalue weighted by Crippen LogP contribution is 2.11. The van der Waals surface area contributed by atoms with E-state index in [1.807, 2.05) is 19.9 Å². The summed E-state index contributed by atoms with van der Waals surface area (Å²) < 4.78 is 31.0. The van der Waals surface area contributed by atoms with Gasteiger partial charge in [0.05, 0.1) is 11.0 Å². The molecular weight excluding hydrogens is 342 g/mol. The van der Waals surface area contributed by atoms with Crippen LogP contribution in [0.4, 0.5) is 0 Å². The number of nitrogens with zero attached hydrogens (tertiary/aromatic N) is 1. The maximum atomic E-state index is 12.1. The third kappa shape index (κ3) is 5.27. The quantitative estimate of drug-likeness (QED) is 0.780. The first-order valence-electron chi connectivity index (χ1n) is 7.75. The molecule has 1 aromatic heterocycles. The van der Waals surface area contributed by atoms with E-state index in [0.717, 1.165) is 5.56 Å². The Labute approximate surface area is 147 Å². The van der Waals surface area contributed by atoms with Crippen molar-refractivity contribution in [1.82, 2.24) is 15.0 Å². The van der Waals surface area contributed by atoms with Crippen LogP contribution in [0.5, 0.6) is 5.88 Å². The number of hydrogen-bond acceptors (Lipinski definition) is 5. The lowest BCUT2D eigenvalue weighted by Gasteiger charge is -2.09. The smallest absolute Gasteiger partial charge is 0.251 e. The molecule has 0 spiro atoms. The van der Waals surface area contributed by atoms with Crippen LogP contribution in [0.25, 0.3) is 0 Å². The number of ether oxygens (including phenoxy) is 1. The van der Waals surface area contributed by atoms with Crippen molar-refractivity contribution in [3.63, 3.8) is 0 Å². The number of carbonyl (C=O) groups is 1. The van der Waals surface area contributed by atoms with Crippen molar-refractivity contribution in [2.45, 2.75) is 31.4 Å². The normalized spacial score (nSPS) is 11.4. The molecule has 0 bridgehead atoms. The number of hydrogen-bond donors (Lipinski definition) is 2. The number of aromatic nitrogens is 1. The molecule has 1 aromatic carbocycles. The van der Waals surface area contributed by atoms with Gasteiger partial charge in [-0.1, -0.05) is 6.07 Å². The predicted molar refractivity (Wildman–Crippen MR) is 93.9 cm³/mol. The molecule has 1 heterocycles. The molecule has 0 fully saturated rings. The molecule has 7 nitrogen and oxygen atoms in total. The van der Waals surface area contributed by atoms with E-state index >= 15 is 0 Å². The first kappa shape index (κ1) is 18.9. The molecule has 134 valence electrons. The van der Waals surface area contributed by atoms with Crippen molar-refractivity contribution in [3.05, 3.63) is 53.7 Å². The number of benzene rings is 1. The Balaban J connectivity index is 1.96. The first-order chi connectivity index (χ1) is 11.8. The lowest BCUT2D eigenvalue weighted by atomic mass is 10.2. The molecule has 25 heavy (non-hydrogen) atoms. The van der Waals surface area contributed by atoms with Gasteiger partial charge >= 0.3 is 0 Å². The minimum atomic E-state index is -3.51. The van der Waals surface area contributed by atoms with E-state index in [-0.39, 0.29) is 16.9 Å². The van der Waals surface area contributed by atoms with Gasteiger partial charge in [-0.2, -0.15) is 0 Å². The largest absolute Gasteiger partial charge is 0.475 e. The molecule has 0 aliphatic carbocycles.